The zero-order chi connectivity index (χ0) is 25.4. The second-order valence-corrected chi connectivity index (χ2v) is 10.3. The van der Waals surface area contributed by atoms with Gasteiger partial charge in [0.2, 0.25) is 5.50 Å². The minimum absolute atomic E-state index is 0.0997. The lowest BCUT2D eigenvalue weighted by Gasteiger charge is -2.24. The number of aliphatic hydroxyl groups is 4. The predicted molar refractivity (Wildman–Crippen MR) is 111 cm³/mol. The fourth-order valence-electron chi connectivity index (χ4n) is 3.23. The Kier molecular flexibility index (Phi) is 7.82. The van der Waals surface area contributed by atoms with Gasteiger partial charge in [0, 0.05) is 18.2 Å². The number of hydrogen-bond acceptors (Lipinski definition) is 12. The summed E-state index contributed by atoms with van der Waals surface area (Å²) in [6.45, 7) is -0.902. The smallest absolute Gasteiger partial charge is 0.395 e. The van der Waals surface area contributed by atoms with Crippen LogP contribution in [0.4, 0.5) is 5.82 Å². The van der Waals surface area contributed by atoms with Crippen LogP contribution in [0.2, 0.25) is 0 Å². The topological polar surface area (TPSA) is 264 Å². The zero-order valence-electron chi connectivity index (χ0n) is 17.1. The summed E-state index contributed by atoms with van der Waals surface area (Å²) in [4.78, 5) is 44.5. The van der Waals surface area contributed by atoms with E-state index in [9.17, 15) is 49.0 Å². The number of ether oxygens (including phenoxy) is 1. The predicted octanol–water partition coefficient (Wildman–Crippen LogP) is -2.35. The number of anilines is 1. The van der Waals surface area contributed by atoms with Gasteiger partial charge in [-0.05, 0) is 6.07 Å². The van der Waals surface area contributed by atoms with Crippen LogP contribution in [0, 0.1) is 0 Å². The van der Waals surface area contributed by atoms with Crippen LogP contribution in [0.1, 0.15) is 12.6 Å². The second-order valence-electron chi connectivity index (χ2n) is 7.44. The first kappa shape index (κ1) is 26.7. The molecule has 1 aliphatic heterocycles. The number of aliphatic hydroxyl groups excluding tert-OH is 4. The number of nitrogens with two attached hydrogens (primary N) is 1. The summed E-state index contributed by atoms with van der Waals surface area (Å²) >= 11 is 0. The van der Waals surface area contributed by atoms with Gasteiger partial charge >= 0.3 is 21.1 Å². The van der Waals surface area contributed by atoms with E-state index in [-0.39, 0.29) is 11.4 Å². The molecule has 0 bridgehead atoms. The molecule has 7 atom stereocenters. The molecule has 0 radical (unpaired) electrons. The SMILES string of the molecule is Nc1ccn([C@@H]2O[C@H](COP(=O)(O)OC(=C3C=CC(O)C(O)C3)P(=O)(O)O)[C@H](O)C2O)c(=O)n1. The van der Waals surface area contributed by atoms with Gasteiger partial charge in [-0.3, -0.25) is 18.5 Å². The highest BCUT2D eigenvalue weighted by Crippen LogP contribution is 2.58. The van der Waals surface area contributed by atoms with Crippen molar-refractivity contribution in [1.82, 2.24) is 9.55 Å². The highest BCUT2D eigenvalue weighted by atomic mass is 31.2. The van der Waals surface area contributed by atoms with Crippen molar-refractivity contribution in [3.8, 4) is 0 Å². The maximum Gasteiger partial charge on any atom is 0.527 e. The van der Waals surface area contributed by atoms with Crippen LogP contribution in [0.25, 0.3) is 0 Å². The molecule has 16 nitrogen and oxygen atoms in total. The number of phosphoric ester groups is 1. The fourth-order valence-corrected chi connectivity index (χ4v) is 5.23. The second kappa shape index (κ2) is 9.97. The molecule has 1 saturated heterocycles. The van der Waals surface area contributed by atoms with Crippen LogP contribution >= 0.6 is 15.4 Å². The van der Waals surface area contributed by atoms with Crippen molar-refractivity contribution in [3.63, 3.8) is 0 Å². The van der Waals surface area contributed by atoms with Crippen molar-refractivity contribution in [1.29, 1.82) is 0 Å². The van der Waals surface area contributed by atoms with Crippen molar-refractivity contribution in [2.24, 2.45) is 0 Å². The van der Waals surface area contributed by atoms with E-state index in [2.05, 4.69) is 14.0 Å². The molecule has 34 heavy (non-hydrogen) atoms. The number of phosphoric acid groups is 1. The third kappa shape index (κ3) is 6.00. The molecule has 190 valence electrons. The third-order valence-electron chi connectivity index (χ3n) is 4.92. The van der Waals surface area contributed by atoms with E-state index in [1.165, 1.54) is 6.07 Å². The van der Waals surface area contributed by atoms with Gasteiger partial charge in [-0.2, -0.15) is 4.98 Å². The molecule has 1 aromatic heterocycles. The van der Waals surface area contributed by atoms with E-state index in [1.54, 1.807) is 0 Å². The normalized spacial score (nSPS) is 32.9. The Morgan fingerprint density at radius 3 is 2.47 bits per heavy atom. The Morgan fingerprint density at radius 1 is 1.21 bits per heavy atom. The first-order valence-corrected chi connectivity index (χ1v) is 12.7. The van der Waals surface area contributed by atoms with E-state index in [0.29, 0.717) is 0 Å². The quantitative estimate of drug-likeness (QED) is 0.136. The van der Waals surface area contributed by atoms with Crippen molar-refractivity contribution >= 4 is 21.2 Å². The van der Waals surface area contributed by atoms with Crippen LogP contribution in [0.5, 0.6) is 0 Å². The monoisotopic (exact) mass is 527 g/mol. The van der Waals surface area contributed by atoms with Crippen molar-refractivity contribution in [3.05, 3.63) is 46.0 Å². The molecule has 4 unspecified atom stereocenters. The summed E-state index contributed by atoms with van der Waals surface area (Å²) in [7, 11) is -10.5. The Morgan fingerprint density at radius 2 is 1.88 bits per heavy atom. The van der Waals surface area contributed by atoms with E-state index in [1.807, 2.05) is 0 Å². The van der Waals surface area contributed by atoms with E-state index in [4.69, 9.17) is 10.5 Å². The Bertz CT molecular complexity index is 1130. The van der Waals surface area contributed by atoms with Crippen molar-refractivity contribution in [2.75, 3.05) is 12.3 Å². The maximum absolute atomic E-state index is 12.4. The van der Waals surface area contributed by atoms with Crippen LogP contribution < -0.4 is 11.4 Å². The number of nitrogen functional groups attached to an aromatic ring is 1. The molecular formula is C16H23N3O13P2. The van der Waals surface area contributed by atoms with Crippen LogP contribution in [0.15, 0.2) is 40.3 Å². The lowest BCUT2D eigenvalue weighted by atomic mass is 9.98. The third-order valence-corrected chi connectivity index (χ3v) is 6.86. The molecule has 9 N–H and O–H groups in total. The zero-order valence-corrected chi connectivity index (χ0v) is 18.9. The summed E-state index contributed by atoms with van der Waals surface area (Å²) in [6.07, 6.45) is -6.40. The Labute approximate surface area is 190 Å². The molecule has 0 aromatic carbocycles. The largest absolute Gasteiger partial charge is 0.527 e. The first-order chi connectivity index (χ1) is 15.7. The summed E-state index contributed by atoms with van der Waals surface area (Å²) in [5.74, 6) is -0.0997. The lowest BCUT2D eigenvalue weighted by Crippen LogP contribution is -2.36. The molecular weight excluding hydrogens is 504 g/mol. The highest BCUT2D eigenvalue weighted by molar-refractivity contribution is 7.57. The van der Waals surface area contributed by atoms with Gasteiger partial charge < -0.3 is 45.2 Å². The Balaban J connectivity index is 1.74. The molecule has 1 aliphatic carbocycles. The van der Waals surface area contributed by atoms with Crippen LogP contribution in [-0.2, 0) is 22.9 Å². The lowest BCUT2D eigenvalue weighted by molar-refractivity contribution is -0.0544. The van der Waals surface area contributed by atoms with Gasteiger partial charge in [-0.25, -0.2) is 9.36 Å². The van der Waals surface area contributed by atoms with Gasteiger partial charge in [0.1, 0.15) is 24.1 Å². The standard InChI is InChI=1S/C16H23N3O13P2/c17-11-3-4-19(16(24)18-11)14-13(23)12(22)10(31-14)6-30-34(28,29)32-15(33(25,26)27)7-1-2-8(20)9(21)5-7/h1-4,8-10,12-14,20-23H,5-6H2,(H,28,29)(H2,17,18,24)(H2,25,26,27)/t8?,9?,10-,12+,13?,14-/m1/s1. The summed E-state index contributed by atoms with van der Waals surface area (Å²) < 4.78 is 39.6. The van der Waals surface area contributed by atoms with Gasteiger partial charge in [0.25, 0.3) is 0 Å². The van der Waals surface area contributed by atoms with Crippen LogP contribution in [0.3, 0.4) is 0 Å². The van der Waals surface area contributed by atoms with Gasteiger partial charge in [0.15, 0.2) is 6.23 Å². The Hall–Kier alpha value is -1.94. The molecule has 0 amide bonds. The minimum Gasteiger partial charge on any atom is -0.395 e. The number of aromatic nitrogens is 2. The van der Waals surface area contributed by atoms with Crippen molar-refractivity contribution < 1.29 is 58.0 Å². The number of allylic oxidation sites excluding steroid dienone is 1. The van der Waals surface area contributed by atoms with E-state index in [0.717, 1.165) is 22.9 Å². The van der Waals surface area contributed by atoms with Crippen LogP contribution in [-0.4, -0.2) is 81.8 Å². The van der Waals surface area contributed by atoms with Gasteiger partial charge in [0.05, 0.1) is 18.8 Å². The minimum atomic E-state index is -5.29. The molecule has 2 heterocycles. The average Bonchev–Trinajstić information content (AvgIpc) is 3.00. The van der Waals surface area contributed by atoms with E-state index < -0.39 is 76.4 Å². The molecule has 0 spiro atoms. The van der Waals surface area contributed by atoms with Gasteiger partial charge in [-0.1, -0.05) is 12.2 Å². The number of rotatable bonds is 7. The number of nitrogens with zero attached hydrogens (tertiary/aromatic N) is 2. The van der Waals surface area contributed by atoms with E-state index >= 15 is 0 Å². The fraction of sp³-hybridized carbons (Fsp3) is 0.500. The molecule has 3 rings (SSSR count). The highest BCUT2D eigenvalue weighted by Gasteiger charge is 2.46. The number of hydrogen-bond donors (Lipinski definition) is 8. The first-order valence-electron chi connectivity index (χ1n) is 9.56. The molecule has 2 aliphatic rings. The van der Waals surface area contributed by atoms with Crippen molar-refractivity contribution in [2.45, 2.75) is 43.2 Å². The van der Waals surface area contributed by atoms with Gasteiger partial charge in [-0.15, -0.1) is 0 Å². The summed E-state index contributed by atoms with van der Waals surface area (Å²) in [5.41, 5.74) is 2.87. The molecule has 18 heteroatoms. The molecule has 1 fully saturated rings. The average molecular weight is 527 g/mol. The summed E-state index contributed by atoms with van der Waals surface area (Å²) in [6, 6.07) is 1.23. The summed E-state index contributed by atoms with van der Waals surface area (Å²) in [5, 5.41) is 39.6. The molecule has 0 saturated carbocycles. The molecule has 1 aromatic rings. The maximum atomic E-state index is 12.4.